The SMILES string of the molecule is CCCCCCCCCCCCCCCCCCCCCC(=O)O.O=C(O)c1ccccc1.[AlH3]. The summed E-state index contributed by atoms with van der Waals surface area (Å²) in [6.07, 6.45) is 26.1. The fourth-order valence-electron chi connectivity index (χ4n) is 3.94. The minimum atomic E-state index is -0.879. The van der Waals surface area contributed by atoms with Crippen LogP contribution in [0.5, 0.6) is 0 Å². The second-order valence-corrected chi connectivity index (χ2v) is 9.18. The van der Waals surface area contributed by atoms with Gasteiger partial charge in [0.1, 0.15) is 0 Å². The number of aromatic carboxylic acids is 1. The topological polar surface area (TPSA) is 74.6 Å². The first-order chi connectivity index (χ1) is 16.1. The van der Waals surface area contributed by atoms with Gasteiger partial charge in [-0.25, -0.2) is 4.79 Å². The van der Waals surface area contributed by atoms with Gasteiger partial charge in [0.25, 0.3) is 0 Å². The van der Waals surface area contributed by atoms with Crippen molar-refractivity contribution in [2.45, 2.75) is 135 Å². The zero-order valence-corrected chi connectivity index (χ0v) is 21.2. The third-order valence-electron chi connectivity index (χ3n) is 6.01. The summed E-state index contributed by atoms with van der Waals surface area (Å²) in [4.78, 5) is 20.6. The molecular formula is C29H53AlO4. The minimum absolute atomic E-state index is 0. The second kappa shape index (κ2) is 27.9. The Bertz CT molecular complexity index is 563. The van der Waals surface area contributed by atoms with Crippen molar-refractivity contribution in [3.05, 3.63) is 35.9 Å². The highest BCUT2D eigenvalue weighted by Gasteiger charge is 1.98. The van der Waals surface area contributed by atoms with Crippen LogP contribution in [0.1, 0.15) is 146 Å². The normalized spacial score (nSPS) is 10.1. The molecule has 196 valence electrons. The fourth-order valence-corrected chi connectivity index (χ4v) is 3.94. The molecule has 0 heterocycles. The van der Waals surface area contributed by atoms with E-state index < -0.39 is 11.9 Å². The molecule has 0 atom stereocenters. The molecule has 0 aliphatic heterocycles. The Hall–Kier alpha value is -1.31. The monoisotopic (exact) mass is 492 g/mol. The molecule has 0 radical (unpaired) electrons. The Balaban J connectivity index is 0. The van der Waals surface area contributed by atoms with Gasteiger partial charge in [-0.1, -0.05) is 141 Å². The van der Waals surface area contributed by atoms with Crippen LogP contribution in [0, 0.1) is 0 Å². The first kappa shape index (κ1) is 34.9. The highest BCUT2D eigenvalue weighted by atomic mass is 27.0. The quantitative estimate of drug-likeness (QED) is 0.134. The van der Waals surface area contributed by atoms with Crippen molar-refractivity contribution in [1.82, 2.24) is 0 Å². The highest BCUT2D eigenvalue weighted by Crippen LogP contribution is 2.14. The molecule has 1 aromatic rings. The van der Waals surface area contributed by atoms with E-state index in [-0.39, 0.29) is 17.4 Å². The average Bonchev–Trinajstić information content (AvgIpc) is 2.81. The van der Waals surface area contributed by atoms with E-state index in [0.29, 0.717) is 12.0 Å². The molecule has 0 aliphatic carbocycles. The van der Waals surface area contributed by atoms with Crippen LogP contribution < -0.4 is 0 Å². The summed E-state index contributed by atoms with van der Waals surface area (Å²) in [5, 5.41) is 16.9. The lowest BCUT2D eigenvalue weighted by Gasteiger charge is -2.03. The number of unbranched alkanes of at least 4 members (excludes halogenated alkanes) is 18. The molecule has 4 nitrogen and oxygen atoms in total. The zero-order chi connectivity index (χ0) is 24.4. The Kier molecular flexibility index (Phi) is 28.6. The van der Waals surface area contributed by atoms with Crippen molar-refractivity contribution in [2.75, 3.05) is 0 Å². The molecule has 0 aromatic heterocycles. The van der Waals surface area contributed by atoms with Crippen LogP contribution in [-0.2, 0) is 4.79 Å². The van der Waals surface area contributed by atoms with Crippen molar-refractivity contribution in [1.29, 1.82) is 0 Å². The summed E-state index contributed by atoms with van der Waals surface area (Å²) >= 11 is 0. The van der Waals surface area contributed by atoms with Crippen molar-refractivity contribution in [2.24, 2.45) is 0 Å². The maximum atomic E-state index is 10.4. The van der Waals surface area contributed by atoms with Crippen LogP contribution in [0.25, 0.3) is 0 Å². The molecule has 34 heavy (non-hydrogen) atoms. The molecular weight excluding hydrogens is 439 g/mol. The zero-order valence-electron chi connectivity index (χ0n) is 21.2. The first-order valence-corrected chi connectivity index (χ1v) is 13.6. The molecule has 0 fully saturated rings. The van der Waals surface area contributed by atoms with Gasteiger partial charge in [-0.05, 0) is 18.6 Å². The largest absolute Gasteiger partial charge is 0.481 e. The fraction of sp³-hybridized carbons (Fsp3) is 0.724. The van der Waals surface area contributed by atoms with Gasteiger partial charge in [-0.2, -0.15) is 0 Å². The predicted octanol–water partition coefficient (Wildman–Crippen LogP) is 8.09. The number of carbonyl (C=O) groups is 2. The van der Waals surface area contributed by atoms with Crippen LogP contribution in [-0.4, -0.2) is 39.5 Å². The standard InChI is InChI=1S/C22H44O2.C7H6O2.Al.3H/c1-2-3-4-5-6-7-8-9-10-11-12-13-14-15-16-17-18-19-20-21-22(23)24;8-7(9)6-4-2-1-3-5-6;;;;/h2-21H2,1H3,(H,23,24);1-5H,(H,8,9);;;;. The summed E-state index contributed by atoms with van der Waals surface area (Å²) in [7, 11) is 0. The van der Waals surface area contributed by atoms with E-state index >= 15 is 0 Å². The highest BCUT2D eigenvalue weighted by molar-refractivity contribution is 5.87. The Labute approximate surface area is 220 Å². The third kappa shape index (κ3) is 26.9. The van der Waals surface area contributed by atoms with E-state index in [1.807, 2.05) is 0 Å². The maximum absolute atomic E-state index is 10.4. The lowest BCUT2D eigenvalue weighted by Crippen LogP contribution is -1.93. The molecule has 0 amide bonds. The lowest BCUT2D eigenvalue weighted by atomic mass is 10.0. The van der Waals surface area contributed by atoms with E-state index in [2.05, 4.69) is 6.92 Å². The molecule has 0 unspecified atom stereocenters. The van der Waals surface area contributed by atoms with Crippen molar-refractivity contribution in [3.63, 3.8) is 0 Å². The summed E-state index contributed by atoms with van der Waals surface area (Å²) in [5.41, 5.74) is 0.331. The maximum Gasteiger partial charge on any atom is 0.335 e. The van der Waals surface area contributed by atoms with E-state index in [9.17, 15) is 9.59 Å². The number of hydrogen-bond acceptors (Lipinski definition) is 2. The van der Waals surface area contributed by atoms with E-state index in [0.717, 1.165) is 12.8 Å². The van der Waals surface area contributed by atoms with Gasteiger partial charge in [0, 0.05) is 6.42 Å². The summed E-state index contributed by atoms with van der Waals surface area (Å²) in [5.74, 6) is -1.53. The second-order valence-electron chi connectivity index (χ2n) is 9.18. The van der Waals surface area contributed by atoms with Gasteiger partial charge < -0.3 is 10.2 Å². The van der Waals surface area contributed by atoms with Crippen molar-refractivity contribution >= 4 is 29.3 Å². The summed E-state index contributed by atoms with van der Waals surface area (Å²) in [6, 6.07) is 8.30. The van der Waals surface area contributed by atoms with Crippen molar-refractivity contribution in [3.8, 4) is 0 Å². The predicted molar refractivity (Wildman–Crippen MR) is 149 cm³/mol. The average molecular weight is 493 g/mol. The van der Waals surface area contributed by atoms with Crippen molar-refractivity contribution < 1.29 is 19.8 Å². The van der Waals surface area contributed by atoms with Crippen LogP contribution in [0.3, 0.4) is 0 Å². The minimum Gasteiger partial charge on any atom is -0.481 e. The van der Waals surface area contributed by atoms with Gasteiger partial charge in [-0.15, -0.1) is 0 Å². The first-order valence-electron chi connectivity index (χ1n) is 13.6. The van der Waals surface area contributed by atoms with E-state index in [1.165, 1.54) is 109 Å². The molecule has 0 saturated carbocycles. The molecule has 5 heteroatoms. The van der Waals surface area contributed by atoms with Crippen LogP contribution in [0.4, 0.5) is 0 Å². The number of benzene rings is 1. The number of rotatable bonds is 21. The van der Waals surface area contributed by atoms with E-state index in [1.54, 1.807) is 30.3 Å². The van der Waals surface area contributed by atoms with Gasteiger partial charge >= 0.3 is 11.9 Å². The molecule has 1 aromatic carbocycles. The third-order valence-corrected chi connectivity index (χ3v) is 6.01. The molecule has 2 N–H and O–H groups in total. The molecule has 0 bridgehead atoms. The molecule has 1 rings (SSSR count). The number of aliphatic carboxylic acids is 1. The Morgan fingerprint density at radius 1 is 0.559 bits per heavy atom. The lowest BCUT2D eigenvalue weighted by molar-refractivity contribution is -0.137. The molecule has 0 aliphatic rings. The van der Waals surface area contributed by atoms with E-state index in [4.69, 9.17) is 10.2 Å². The summed E-state index contributed by atoms with van der Waals surface area (Å²) in [6.45, 7) is 2.28. The Morgan fingerprint density at radius 3 is 1.15 bits per heavy atom. The van der Waals surface area contributed by atoms with Crippen LogP contribution in [0.15, 0.2) is 30.3 Å². The van der Waals surface area contributed by atoms with Gasteiger partial charge in [0.2, 0.25) is 0 Å². The Morgan fingerprint density at radius 2 is 0.882 bits per heavy atom. The molecule has 0 saturated heterocycles. The van der Waals surface area contributed by atoms with Gasteiger partial charge in [-0.3, -0.25) is 4.79 Å². The van der Waals surface area contributed by atoms with Crippen LogP contribution in [0.2, 0.25) is 0 Å². The summed E-state index contributed by atoms with van der Waals surface area (Å²) < 4.78 is 0. The molecule has 0 spiro atoms. The number of carboxylic acid groups (broad SMARTS) is 2. The van der Waals surface area contributed by atoms with Gasteiger partial charge in [0.15, 0.2) is 17.4 Å². The van der Waals surface area contributed by atoms with Gasteiger partial charge in [0.05, 0.1) is 5.56 Å². The smallest absolute Gasteiger partial charge is 0.335 e. The number of carboxylic acids is 2. The van der Waals surface area contributed by atoms with Crippen LogP contribution >= 0.6 is 0 Å². The number of hydrogen-bond donors (Lipinski definition) is 2.